The van der Waals surface area contributed by atoms with Gasteiger partial charge in [-0.1, -0.05) is 19.1 Å². The van der Waals surface area contributed by atoms with Gasteiger partial charge in [0, 0.05) is 24.7 Å². The molecule has 1 aromatic carbocycles. The van der Waals surface area contributed by atoms with E-state index in [4.69, 9.17) is 0 Å². The van der Waals surface area contributed by atoms with Crippen LogP contribution in [0.3, 0.4) is 0 Å². The van der Waals surface area contributed by atoms with Crippen molar-refractivity contribution in [2.24, 2.45) is 0 Å². The summed E-state index contributed by atoms with van der Waals surface area (Å²) in [5, 5.41) is 14.1. The average Bonchev–Trinajstić information content (AvgIpc) is 2.74. The minimum absolute atomic E-state index is 0.0813. The molecule has 6 heteroatoms. The Morgan fingerprint density at radius 3 is 2.90 bits per heavy atom. The molecule has 1 fully saturated rings. The van der Waals surface area contributed by atoms with Crippen LogP contribution >= 0.6 is 0 Å². The Balaban J connectivity index is 2.13. The summed E-state index contributed by atoms with van der Waals surface area (Å²) >= 11 is 0. The Labute approximate surface area is 117 Å². The SMILES string of the molecule is CCNC1CCN(Cc2cccc([N+](=O)[O-])c2C)C1=O. The standard InChI is InChI=1S/C14H19N3O3/c1-3-15-12-7-8-16(14(12)18)9-11-5-4-6-13(10(11)2)17(19)20/h4-6,12,15H,3,7-9H2,1-2H3. The Bertz CT molecular complexity index is 530. The van der Waals surface area contributed by atoms with Gasteiger partial charge in [-0.25, -0.2) is 0 Å². The zero-order valence-corrected chi connectivity index (χ0v) is 11.8. The largest absolute Gasteiger partial charge is 0.337 e. The molecule has 1 atom stereocenters. The van der Waals surface area contributed by atoms with Crippen LogP contribution in [0.2, 0.25) is 0 Å². The van der Waals surface area contributed by atoms with Crippen molar-refractivity contribution in [2.75, 3.05) is 13.1 Å². The molecule has 0 bridgehead atoms. The molecular formula is C14H19N3O3. The quantitative estimate of drug-likeness (QED) is 0.655. The molecule has 1 saturated heterocycles. The zero-order chi connectivity index (χ0) is 14.7. The zero-order valence-electron chi connectivity index (χ0n) is 11.8. The summed E-state index contributed by atoms with van der Waals surface area (Å²) in [7, 11) is 0. The van der Waals surface area contributed by atoms with E-state index in [-0.39, 0.29) is 22.6 Å². The summed E-state index contributed by atoms with van der Waals surface area (Å²) in [6.45, 7) is 5.60. The van der Waals surface area contributed by atoms with E-state index in [0.717, 1.165) is 18.5 Å². The van der Waals surface area contributed by atoms with Gasteiger partial charge in [0.2, 0.25) is 5.91 Å². The molecular weight excluding hydrogens is 258 g/mol. The molecule has 1 amide bonds. The summed E-state index contributed by atoms with van der Waals surface area (Å²) in [5.41, 5.74) is 1.58. The van der Waals surface area contributed by atoms with Gasteiger partial charge in [0.05, 0.1) is 11.0 Å². The number of likely N-dealkylation sites (N-methyl/N-ethyl adjacent to an activating group) is 1. The highest BCUT2D eigenvalue weighted by Crippen LogP contribution is 2.24. The first-order chi connectivity index (χ1) is 9.54. The van der Waals surface area contributed by atoms with Crippen molar-refractivity contribution in [1.29, 1.82) is 0 Å². The second-order valence-corrected chi connectivity index (χ2v) is 4.98. The van der Waals surface area contributed by atoms with Crippen molar-refractivity contribution in [3.05, 3.63) is 39.4 Å². The van der Waals surface area contributed by atoms with Crippen LogP contribution in [0.25, 0.3) is 0 Å². The van der Waals surface area contributed by atoms with E-state index in [9.17, 15) is 14.9 Å². The summed E-state index contributed by atoms with van der Waals surface area (Å²) in [4.78, 5) is 24.5. The van der Waals surface area contributed by atoms with Crippen molar-refractivity contribution in [1.82, 2.24) is 10.2 Å². The maximum absolute atomic E-state index is 12.2. The molecule has 1 aliphatic heterocycles. The lowest BCUT2D eigenvalue weighted by atomic mass is 10.1. The topological polar surface area (TPSA) is 75.5 Å². The van der Waals surface area contributed by atoms with Crippen LogP contribution in [0.15, 0.2) is 18.2 Å². The van der Waals surface area contributed by atoms with Gasteiger partial charge >= 0.3 is 0 Å². The third-order valence-electron chi connectivity index (χ3n) is 3.72. The van der Waals surface area contributed by atoms with E-state index < -0.39 is 0 Å². The van der Waals surface area contributed by atoms with Gasteiger partial charge in [0.1, 0.15) is 0 Å². The number of likely N-dealkylation sites (tertiary alicyclic amines) is 1. The first kappa shape index (κ1) is 14.5. The summed E-state index contributed by atoms with van der Waals surface area (Å²) in [5.74, 6) is 0.0813. The highest BCUT2D eigenvalue weighted by atomic mass is 16.6. The Morgan fingerprint density at radius 1 is 1.50 bits per heavy atom. The van der Waals surface area contributed by atoms with E-state index in [1.165, 1.54) is 6.07 Å². The predicted octanol–water partition coefficient (Wildman–Crippen LogP) is 1.61. The van der Waals surface area contributed by atoms with Crippen LogP contribution in [0.1, 0.15) is 24.5 Å². The molecule has 0 radical (unpaired) electrons. The second kappa shape index (κ2) is 6.00. The normalized spacial score (nSPS) is 18.6. The third-order valence-corrected chi connectivity index (χ3v) is 3.72. The number of rotatable bonds is 5. The Kier molecular flexibility index (Phi) is 4.34. The lowest BCUT2D eigenvalue weighted by molar-refractivity contribution is -0.385. The molecule has 1 aromatic rings. The van der Waals surface area contributed by atoms with Crippen LogP contribution in [0.5, 0.6) is 0 Å². The van der Waals surface area contributed by atoms with Crippen molar-refractivity contribution in [3.63, 3.8) is 0 Å². The van der Waals surface area contributed by atoms with Crippen molar-refractivity contribution in [3.8, 4) is 0 Å². The number of amides is 1. The van der Waals surface area contributed by atoms with Crippen LogP contribution in [0, 0.1) is 17.0 Å². The third kappa shape index (κ3) is 2.80. The fourth-order valence-corrected chi connectivity index (χ4v) is 2.58. The van der Waals surface area contributed by atoms with E-state index in [1.807, 2.05) is 13.0 Å². The minimum Gasteiger partial charge on any atom is -0.337 e. The van der Waals surface area contributed by atoms with Gasteiger partial charge in [-0.15, -0.1) is 0 Å². The highest BCUT2D eigenvalue weighted by Gasteiger charge is 2.31. The van der Waals surface area contributed by atoms with Gasteiger partial charge in [-0.05, 0) is 25.5 Å². The number of nitrogens with one attached hydrogen (secondary N) is 1. The number of nitro benzene ring substituents is 1. The average molecular weight is 277 g/mol. The van der Waals surface area contributed by atoms with Gasteiger partial charge in [-0.3, -0.25) is 14.9 Å². The van der Waals surface area contributed by atoms with Crippen LogP contribution in [-0.4, -0.2) is 34.9 Å². The van der Waals surface area contributed by atoms with Crippen molar-refractivity contribution < 1.29 is 9.72 Å². The maximum Gasteiger partial charge on any atom is 0.272 e. The van der Waals surface area contributed by atoms with E-state index >= 15 is 0 Å². The summed E-state index contributed by atoms with van der Waals surface area (Å²) in [6, 6.07) is 4.89. The number of carbonyl (C=O) groups excluding carboxylic acids is 1. The van der Waals surface area contributed by atoms with Gasteiger partial charge < -0.3 is 10.2 Å². The van der Waals surface area contributed by atoms with Crippen LogP contribution in [0.4, 0.5) is 5.69 Å². The van der Waals surface area contributed by atoms with Gasteiger partial charge in [0.15, 0.2) is 0 Å². The highest BCUT2D eigenvalue weighted by molar-refractivity contribution is 5.84. The monoisotopic (exact) mass is 277 g/mol. The number of hydrogen-bond acceptors (Lipinski definition) is 4. The lowest BCUT2D eigenvalue weighted by Gasteiger charge is -2.18. The lowest BCUT2D eigenvalue weighted by Crippen LogP contribution is -2.37. The first-order valence-electron chi connectivity index (χ1n) is 6.79. The molecule has 0 aromatic heterocycles. The molecule has 0 spiro atoms. The second-order valence-electron chi connectivity index (χ2n) is 4.98. The predicted molar refractivity (Wildman–Crippen MR) is 75.3 cm³/mol. The number of nitro groups is 1. The molecule has 20 heavy (non-hydrogen) atoms. The number of hydrogen-bond donors (Lipinski definition) is 1. The molecule has 1 N–H and O–H groups in total. The molecule has 1 aliphatic rings. The molecule has 2 rings (SSSR count). The smallest absolute Gasteiger partial charge is 0.272 e. The van der Waals surface area contributed by atoms with Gasteiger partial charge in [-0.2, -0.15) is 0 Å². The Hall–Kier alpha value is -1.95. The summed E-state index contributed by atoms with van der Waals surface area (Å²) in [6.07, 6.45) is 0.792. The van der Waals surface area contributed by atoms with Crippen molar-refractivity contribution in [2.45, 2.75) is 32.9 Å². The molecule has 1 unspecified atom stereocenters. The fourth-order valence-electron chi connectivity index (χ4n) is 2.58. The summed E-state index contributed by atoms with van der Waals surface area (Å²) < 4.78 is 0. The molecule has 0 saturated carbocycles. The molecule has 1 heterocycles. The van der Waals surface area contributed by atoms with E-state index in [2.05, 4.69) is 5.32 Å². The van der Waals surface area contributed by atoms with Crippen LogP contribution in [-0.2, 0) is 11.3 Å². The van der Waals surface area contributed by atoms with E-state index in [0.29, 0.717) is 18.7 Å². The first-order valence-corrected chi connectivity index (χ1v) is 6.79. The fraction of sp³-hybridized carbons (Fsp3) is 0.500. The Morgan fingerprint density at radius 2 is 2.25 bits per heavy atom. The van der Waals surface area contributed by atoms with Crippen molar-refractivity contribution >= 4 is 11.6 Å². The molecule has 108 valence electrons. The van der Waals surface area contributed by atoms with E-state index in [1.54, 1.807) is 17.9 Å². The maximum atomic E-state index is 12.2. The van der Waals surface area contributed by atoms with Crippen LogP contribution < -0.4 is 5.32 Å². The minimum atomic E-state index is -0.383. The van der Waals surface area contributed by atoms with Gasteiger partial charge in [0.25, 0.3) is 5.69 Å². The molecule has 6 nitrogen and oxygen atoms in total. The number of benzene rings is 1. The molecule has 0 aliphatic carbocycles. The number of carbonyl (C=O) groups is 1. The number of nitrogens with zero attached hydrogens (tertiary/aromatic N) is 2.